The lowest BCUT2D eigenvalue weighted by molar-refractivity contribution is 0.331. The third-order valence-electron chi connectivity index (χ3n) is 3.26. The molecule has 0 aromatic rings. The second-order valence-corrected chi connectivity index (χ2v) is 5.55. The van der Waals surface area contributed by atoms with Gasteiger partial charge in [0.1, 0.15) is 0 Å². The average Bonchev–Trinajstić information content (AvgIpc) is 2.80. The van der Waals surface area contributed by atoms with Crippen molar-refractivity contribution in [2.75, 3.05) is 38.1 Å². The monoisotopic (exact) mass is 290 g/mol. The summed E-state index contributed by atoms with van der Waals surface area (Å²) in [4.78, 5) is 2.59. The van der Waals surface area contributed by atoms with Crippen LogP contribution in [-0.2, 0) is 0 Å². The zero-order valence-corrected chi connectivity index (χ0v) is 12.1. The first-order chi connectivity index (χ1) is 7.93. The normalized spacial score (nSPS) is 17.1. The summed E-state index contributed by atoms with van der Waals surface area (Å²) in [5.74, 6) is 0. The molecule has 1 aliphatic heterocycles. The number of unbranched alkanes of at least 4 members (excludes halogenated alkanes) is 3. The Balaban J connectivity index is 1.71. The topological polar surface area (TPSA) is 15.3 Å². The molecule has 0 spiro atoms. The molecule has 0 bridgehead atoms. The summed E-state index contributed by atoms with van der Waals surface area (Å²) < 4.78 is 0. The van der Waals surface area contributed by atoms with E-state index < -0.39 is 0 Å². The van der Waals surface area contributed by atoms with Gasteiger partial charge in [-0.1, -0.05) is 28.8 Å². The van der Waals surface area contributed by atoms with E-state index in [0.717, 1.165) is 5.33 Å². The summed E-state index contributed by atoms with van der Waals surface area (Å²) in [6.45, 7) is 6.40. The van der Waals surface area contributed by atoms with Crippen molar-refractivity contribution in [1.29, 1.82) is 0 Å². The van der Waals surface area contributed by atoms with Crippen molar-refractivity contribution in [3.05, 3.63) is 0 Å². The summed E-state index contributed by atoms with van der Waals surface area (Å²) in [6, 6.07) is 0. The molecule has 0 saturated carbocycles. The van der Waals surface area contributed by atoms with Gasteiger partial charge in [0.25, 0.3) is 0 Å². The highest BCUT2D eigenvalue weighted by atomic mass is 79.9. The number of halogens is 1. The molecule has 16 heavy (non-hydrogen) atoms. The van der Waals surface area contributed by atoms with E-state index in [0.29, 0.717) is 0 Å². The standard InChI is InChI=1S/C13H27BrN2/c14-8-3-1-2-4-9-15-10-7-13-16-11-5-6-12-16/h15H,1-13H2. The summed E-state index contributed by atoms with van der Waals surface area (Å²) >= 11 is 3.46. The summed E-state index contributed by atoms with van der Waals surface area (Å²) in [5, 5.41) is 4.71. The van der Waals surface area contributed by atoms with Gasteiger partial charge in [-0.25, -0.2) is 0 Å². The van der Waals surface area contributed by atoms with Crippen LogP contribution in [0.3, 0.4) is 0 Å². The second-order valence-electron chi connectivity index (χ2n) is 4.76. The van der Waals surface area contributed by atoms with Gasteiger partial charge in [-0.2, -0.15) is 0 Å². The van der Waals surface area contributed by atoms with E-state index in [1.54, 1.807) is 0 Å². The zero-order valence-electron chi connectivity index (χ0n) is 10.5. The van der Waals surface area contributed by atoms with E-state index >= 15 is 0 Å². The molecule has 2 nitrogen and oxygen atoms in total. The van der Waals surface area contributed by atoms with Crippen LogP contribution in [0.1, 0.15) is 44.9 Å². The molecule has 0 aromatic carbocycles. The summed E-state index contributed by atoms with van der Waals surface area (Å²) in [6.07, 6.45) is 9.58. The third kappa shape index (κ3) is 7.64. The van der Waals surface area contributed by atoms with Gasteiger partial charge in [0.05, 0.1) is 0 Å². The van der Waals surface area contributed by atoms with E-state index in [1.807, 2.05) is 0 Å². The first-order valence-electron chi connectivity index (χ1n) is 6.92. The van der Waals surface area contributed by atoms with Crippen molar-refractivity contribution in [2.45, 2.75) is 44.9 Å². The number of nitrogens with zero attached hydrogens (tertiary/aromatic N) is 1. The van der Waals surface area contributed by atoms with Crippen LogP contribution in [0.25, 0.3) is 0 Å². The van der Waals surface area contributed by atoms with Crippen LogP contribution in [0.4, 0.5) is 0 Å². The number of likely N-dealkylation sites (tertiary alicyclic amines) is 1. The van der Waals surface area contributed by atoms with Gasteiger partial charge in [-0.3, -0.25) is 0 Å². The maximum Gasteiger partial charge on any atom is 0.00313 e. The average molecular weight is 291 g/mol. The summed E-state index contributed by atoms with van der Waals surface area (Å²) in [7, 11) is 0. The van der Waals surface area contributed by atoms with Crippen molar-refractivity contribution in [2.24, 2.45) is 0 Å². The molecule has 1 saturated heterocycles. The highest BCUT2D eigenvalue weighted by molar-refractivity contribution is 9.09. The van der Waals surface area contributed by atoms with Crippen molar-refractivity contribution in [3.63, 3.8) is 0 Å². The molecule has 0 aliphatic carbocycles. The van der Waals surface area contributed by atoms with E-state index in [2.05, 4.69) is 26.1 Å². The zero-order chi connectivity index (χ0) is 11.5. The molecule has 0 aromatic heterocycles. The molecule has 96 valence electrons. The van der Waals surface area contributed by atoms with Crippen molar-refractivity contribution in [3.8, 4) is 0 Å². The predicted molar refractivity (Wildman–Crippen MR) is 75.4 cm³/mol. The smallest absolute Gasteiger partial charge is 0.00313 e. The van der Waals surface area contributed by atoms with Crippen LogP contribution in [-0.4, -0.2) is 43.0 Å². The molecule has 1 N–H and O–H groups in total. The minimum Gasteiger partial charge on any atom is -0.317 e. The fourth-order valence-electron chi connectivity index (χ4n) is 2.26. The Hall–Kier alpha value is 0.400. The molecule has 1 aliphatic rings. The van der Waals surface area contributed by atoms with Gasteiger partial charge in [-0.05, 0) is 64.8 Å². The number of hydrogen-bond donors (Lipinski definition) is 1. The maximum absolute atomic E-state index is 3.55. The number of rotatable bonds is 10. The fourth-order valence-corrected chi connectivity index (χ4v) is 2.65. The van der Waals surface area contributed by atoms with Crippen LogP contribution < -0.4 is 5.32 Å². The third-order valence-corrected chi connectivity index (χ3v) is 3.82. The van der Waals surface area contributed by atoms with Crippen molar-refractivity contribution in [1.82, 2.24) is 10.2 Å². The Labute approximate surface area is 109 Å². The first-order valence-corrected chi connectivity index (χ1v) is 8.04. The van der Waals surface area contributed by atoms with Gasteiger partial charge in [0.15, 0.2) is 0 Å². The SMILES string of the molecule is BrCCCCCCNCCCN1CCCC1. The van der Waals surface area contributed by atoms with Crippen molar-refractivity contribution < 1.29 is 0 Å². The molecule has 0 amide bonds. The fraction of sp³-hybridized carbons (Fsp3) is 1.00. The lowest BCUT2D eigenvalue weighted by Crippen LogP contribution is -2.25. The lowest BCUT2D eigenvalue weighted by atomic mass is 10.2. The molecular formula is C13H27BrN2. The Morgan fingerprint density at radius 1 is 0.875 bits per heavy atom. The Morgan fingerprint density at radius 2 is 1.56 bits per heavy atom. The largest absolute Gasteiger partial charge is 0.317 e. The minimum absolute atomic E-state index is 1.16. The molecule has 3 heteroatoms. The summed E-state index contributed by atoms with van der Waals surface area (Å²) in [5.41, 5.74) is 0. The van der Waals surface area contributed by atoms with E-state index in [1.165, 1.54) is 77.7 Å². The molecule has 0 atom stereocenters. The van der Waals surface area contributed by atoms with Gasteiger partial charge in [-0.15, -0.1) is 0 Å². The van der Waals surface area contributed by atoms with Crippen LogP contribution in [0.5, 0.6) is 0 Å². The molecule has 1 rings (SSSR count). The van der Waals surface area contributed by atoms with Gasteiger partial charge >= 0.3 is 0 Å². The number of nitrogens with one attached hydrogen (secondary N) is 1. The second kappa shape index (κ2) is 10.5. The molecule has 1 fully saturated rings. The molecule has 0 unspecified atom stereocenters. The van der Waals surface area contributed by atoms with Crippen LogP contribution >= 0.6 is 15.9 Å². The van der Waals surface area contributed by atoms with Crippen molar-refractivity contribution >= 4 is 15.9 Å². The Bertz CT molecular complexity index is 147. The highest BCUT2D eigenvalue weighted by Crippen LogP contribution is 2.06. The number of hydrogen-bond acceptors (Lipinski definition) is 2. The predicted octanol–water partition coefficient (Wildman–Crippen LogP) is 3.02. The van der Waals surface area contributed by atoms with E-state index in [4.69, 9.17) is 0 Å². The van der Waals surface area contributed by atoms with E-state index in [-0.39, 0.29) is 0 Å². The molecular weight excluding hydrogens is 264 g/mol. The van der Waals surface area contributed by atoms with Gasteiger partial charge < -0.3 is 10.2 Å². The quantitative estimate of drug-likeness (QED) is 0.492. The van der Waals surface area contributed by atoms with Crippen LogP contribution in [0.2, 0.25) is 0 Å². The number of alkyl halides is 1. The van der Waals surface area contributed by atoms with Gasteiger partial charge in [0, 0.05) is 5.33 Å². The molecule has 1 heterocycles. The van der Waals surface area contributed by atoms with E-state index in [9.17, 15) is 0 Å². The minimum atomic E-state index is 1.16. The Morgan fingerprint density at radius 3 is 2.31 bits per heavy atom. The molecule has 0 radical (unpaired) electrons. The lowest BCUT2D eigenvalue weighted by Gasteiger charge is -2.14. The highest BCUT2D eigenvalue weighted by Gasteiger charge is 2.09. The Kier molecular flexibility index (Phi) is 9.53. The van der Waals surface area contributed by atoms with Crippen LogP contribution in [0.15, 0.2) is 0 Å². The maximum atomic E-state index is 3.55. The van der Waals surface area contributed by atoms with Gasteiger partial charge in [0.2, 0.25) is 0 Å². The first kappa shape index (κ1) is 14.5. The van der Waals surface area contributed by atoms with Crippen LogP contribution in [0, 0.1) is 0 Å².